The van der Waals surface area contributed by atoms with Crippen molar-refractivity contribution in [1.82, 2.24) is 10.6 Å². The number of nitrogens with one attached hydrogen (secondary N) is 2. The fourth-order valence-corrected chi connectivity index (χ4v) is 3.55. The van der Waals surface area contributed by atoms with E-state index < -0.39 is 16.0 Å². The van der Waals surface area contributed by atoms with Crippen molar-refractivity contribution in [1.29, 1.82) is 0 Å². The number of carboxylic acids is 2. The zero-order valence-corrected chi connectivity index (χ0v) is 15.8. The zero-order valence-electron chi connectivity index (χ0n) is 12.4. The third-order valence-electron chi connectivity index (χ3n) is 2.01. The third-order valence-corrected chi connectivity index (χ3v) is 4.54. The number of carboxylic acid groups (broad SMARTS) is 2. The standard InChI is InChI=1S/C7H12N4S4.2C2H4O2/c8-5-10-3(1-14-5)7(12,13)4-2-15-6(9)11-4;2*1-2(3)4/h1-2,5-6,10-13H,8-9H2;2*1H3,(H,3,4). The molecule has 0 fully saturated rings. The normalized spacial score (nSPS) is 22.2. The van der Waals surface area contributed by atoms with Crippen LogP contribution in [0, 0.1) is 0 Å². The van der Waals surface area contributed by atoms with Gasteiger partial charge in [-0.25, -0.2) is 0 Å². The second-order valence-corrected chi connectivity index (χ2v) is 7.90. The van der Waals surface area contributed by atoms with E-state index >= 15 is 0 Å². The van der Waals surface area contributed by atoms with E-state index in [1.54, 1.807) is 0 Å². The van der Waals surface area contributed by atoms with Crippen LogP contribution in [-0.2, 0) is 9.59 Å². The lowest BCUT2D eigenvalue weighted by atomic mass is 10.2. The molecule has 2 heterocycles. The molecule has 8 nitrogen and oxygen atoms in total. The largest absolute Gasteiger partial charge is 0.481 e. The van der Waals surface area contributed by atoms with Crippen LogP contribution in [0.2, 0.25) is 0 Å². The van der Waals surface area contributed by atoms with Gasteiger partial charge < -0.3 is 32.3 Å². The molecule has 2 atom stereocenters. The summed E-state index contributed by atoms with van der Waals surface area (Å²) >= 11 is 12.1. The number of carbonyl (C=O) groups is 2. The Hall–Kier alpha value is -0.660. The fraction of sp³-hybridized carbons (Fsp3) is 0.455. The molecular weight excluding hydrogens is 380 g/mol. The van der Waals surface area contributed by atoms with Crippen LogP contribution in [0.4, 0.5) is 0 Å². The van der Waals surface area contributed by atoms with Gasteiger partial charge >= 0.3 is 0 Å². The minimum Gasteiger partial charge on any atom is -0.481 e. The van der Waals surface area contributed by atoms with E-state index in [0.29, 0.717) is 0 Å². The van der Waals surface area contributed by atoms with Crippen molar-refractivity contribution >= 4 is 60.7 Å². The maximum absolute atomic E-state index is 9.00. The molecule has 2 aliphatic rings. The lowest BCUT2D eigenvalue weighted by Crippen LogP contribution is -2.41. The van der Waals surface area contributed by atoms with Crippen LogP contribution in [0.5, 0.6) is 0 Å². The van der Waals surface area contributed by atoms with Crippen molar-refractivity contribution in [3.05, 3.63) is 22.2 Å². The summed E-state index contributed by atoms with van der Waals surface area (Å²) in [5.41, 5.74) is 12.9. The van der Waals surface area contributed by atoms with E-state index in [-0.39, 0.29) is 11.0 Å². The summed E-state index contributed by atoms with van der Waals surface area (Å²) in [6.07, 6.45) is 0. The van der Waals surface area contributed by atoms with E-state index in [1.165, 1.54) is 23.5 Å². The van der Waals surface area contributed by atoms with Gasteiger partial charge in [-0.3, -0.25) is 9.59 Å². The Morgan fingerprint density at radius 3 is 1.48 bits per heavy atom. The smallest absolute Gasteiger partial charge is 0.300 e. The average Bonchev–Trinajstić information content (AvgIpc) is 2.97. The number of rotatable bonds is 2. The van der Waals surface area contributed by atoms with E-state index in [4.69, 9.17) is 31.3 Å². The first-order valence-electron chi connectivity index (χ1n) is 6.07. The minimum atomic E-state index is -0.833. The Kier molecular flexibility index (Phi) is 9.96. The lowest BCUT2D eigenvalue weighted by Gasteiger charge is -2.27. The summed E-state index contributed by atoms with van der Waals surface area (Å²) in [6.45, 7) is 2.17. The summed E-state index contributed by atoms with van der Waals surface area (Å²) in [6, 6.07) is 0. The molecule has 12 heteroatoms. The number of thiol groups is 2. The van der Waals surface area contributed by atoms with E-state index in [0.717, 1.165) is 25.2 Å². The molecule has 2 unspecified atom stereocenters. The Balaban J connectivity index is 0.000000509. The van der Waals surface area contributed by atoms with Crippen molar-refractivity contribution in [3.8, 4) is 0 Å². The highest BCUT2D eigenvalue weighted by Gasteiger charge is 2.36. The lowest BCUT2D eigenvalue weighted by molar-refractivity contribution is -0.135. The van der Waals surface area contributed by atoms with E-state index in [2.05, 4.69) is 35.9 Å². The first-order valence-corrected chi connectivity index (χ1v) is 8.85. The highest BCUT2D eigenvalue weighted by Crippen LogP contribution is 2.41. The molecule has 0 bridgehead atoms. The third kappa shape index (κ3) is 9.27. The quantitative estimate of drug-likeness (QED) is 0.244. The van der Waals surface area contributed by atoms with Crippen LogP contribution in [0.15, 0.2) is 22.2 Å². The predicted molar refractivity (Wildman–Crippen MR) is 101 cm³/mol. The Labute approximate surface area is 153 Å². The Morgan fingerprint density at radius 2 is 1.30 bits per heavy atom. The van der Waals surface area contributed by atoms with Gasteiger partial charge in [-0.05, 0) is 10.8 Å². The molecule has 23 heavy (non-hydrogen) atoms. The van der Waals surface area contributed by atoms with E-state index in [1.807, 2.05) is 10.8 Å². The summed E-state index contributed by atoms with van der Waals surface area (Å²) in [4.78, 5) is 18.0. The summed E-state index contributed by atoms with van der Waals surface area (Å²) in [7, 11) is 0. The van der Waals surface area contributed by atoms with Crippen LogP contribution in [-0.4, -0.2) is 37.2 Å². The number of aliphatic carboxylic acids is 2. The van der Waals surface area contributed by atoms with Gasteiger partial charge in [-0.15, -0.1) is 25.3 Å². The molecule has 8 N–H and O–H groups in total. The van der Waals surface area contributed by atoms with Crippen LogP contribution < -0.4 is 22.1 Å². The van der Waals surface area contributed by atoms with Crippen LogP contribution in [0.1, 0.15) is 13.8 Å². The van der Waals surface area contributed by atoms with Crippen LogP contribution in [0.25, 0.3) is 0 Å². The molecule has 0 saturated heterocycles. The van der Waals surface area contributed by atoms with Crippen molar-refractivity contribution in [2.24, 2.45) is 11.5 Å². The van der Waals surface area contributed by atoms with Gasteiger partial charge in [0.2, 0.25) is 0 Å². The topological polar surface area (TPSA) is 151 Å². The van der Waals surface area contributed by atoms with Crippen molar-refractivity contribution in [2.45, 2.75) is 28.9 Å². The maximum Gasteiger partial charge on any atom is 0.300 e. The fourth-order valence-electron chi connectivity index (χ4n) is 1.24. The van der Waals surface area contributed by atoms with E-state index in [9.17, 15) is 0 Å². The zero-order chi connectivity index (χ0) is 18.2. The van der Waals surface area contributed by atoms with Gasteiger partial charge in [0.25, 0.3) is 11.9 Å². The van der Waals surface area contributed by atoms with Gasteiger partial charge in [0.1, 0.15) is 15.1 Å². The number of thioether (sulfide) groups is 2. The monoisotopic (exact) mass is 400 g/mol. The SMILES string of the molecule is CC(=O)O.CC(=O)O.NC1NC(C(S)(S)C2=CSC(N)N2)=CS1. The molecule has 0 aromatic heterocycles. The highest BCUT2D eigenvalue weighted by atomic mass is 32.2. The summed E-state index contributed by atoms with van der Waals surface area (Å²) in [5, 5.41) is 24.9. The number of hydrogen-bond donors (Lipinski definition) is 8. The summed E-state index contributed by atoms with van der Waals surface area (Å²) in [5.74, 6) is -1.67. The van der Waals surface area contributed by atoms with Gasteiger partial charge in [0.15, 0.2) is 0 Å². The number of nitrogens with two attached hydrogens (primary N) is 2. The van der Waals surface area contributed by atoms with Crippen LogP contribution in [0.3, 0.4) is 0 Å². The molecule has 2 rings (SSSR count). The maximum atomic E-state index is 9.00. The minimum absolute atomic E-state index is 0.123. The van der Waals surface area contributed by atoms with Crippen molar-refractivity contribution < 1.29 is 19.8 Å². The summed E-state index contributed by atoms with van der Waals surface area (Å²) < 4.78 is -0.692. The second kappa shape index (κ2) is 10.3. The van der Waals surface area contributed by atoms with Gasteiger partial charge in [0.05, 0.1) is 11.4 Å². The molecule has 0 radical (unpaired) electrons. The predicted octanol–water partition coefficient (Wildman–Crippen LogP) is 0.564. The average molecular weight is 401 g/mol. The molecule has 0 amide bonds. The molecular formula is C11H20N4O4S4. The Morgan fingerprint density at radius 1 is 1.04 bits per heavy atom. The van der Waals surface area contributed by atoms with Gasteiger partial charge in [-0.1, -0.05) is 23.5 Å². The van der Waals surface area contributed by atoms with Crippen molar-refractivity contribution in [3.63, 3.8) is 0 Å². The molecule has 0 aromatic carbocycles. The van der Waals surface area contributed by atoms with Gasteiger partial charge in [0, 0.05) is 13.8 Å². The van der Waals surface area contributed by atoms with Crippen molar-refractivity contribution in [2.75, 3.05) is 0 Å². The molecule has 0 saturated carbocycles. The Bertz CT molecular complexity index is 448. The van der Waals surface area contributed by atoms with Gasteiger partial charge in [-0.2, -0.15) is 0 Å². The first-order chi connectivity index (χ1) is 10.5. The molecule has 0 aliphatic carbocycles. The second-order valence-electron chi connectivity index (χ2n) is 4.18. The molecule has 132 valence electrons. The highest BCUT2D eigenvalue weighted by molar-refractivity contribution is 8.04. The first kappa shape index (κ1) is 22.3. The molecule has 0 aromatic rings. The van der Waals surface area contributed by atoms with Crippen LogP contribution >= 0.6 is 48.8 Å². The molecule has 0 spiro atoms. The number of hydrogen-bond acceptors (Lipinski definition) is 10. The molecule has 2 aliphatic heterocycles.